The molecule has 0 spiro atoms. The molecule has 0 saturated carbocycles. The van der Waals surface area contributed by atoms with E-state index in [1.165, 1.54) is 12.1 Å². The summed E-state index contributed by atoms with van der Waals surface area (Å²) in [5, 5.41) is 0. The van der Waals surface area contributed by atoms with Crippen LogP contribution in [0, 0.1) is 0 Å². The summed E-state index contributed by atoms with van der Waals surface area (Å²) in [6.07, 6.45) is 4.20. The van der Waals surface area contributed by atoms with E-state index in [0.29, 0.717) is 6.54 Å². The summed E-state index contributed by atoms with van der Waals surface area (Å²) in [6, 6.07) is 5.95. The molecule has 0 amide bonds. The van der Waals surface area contributed by atoms with Crippen LogP contribution in [0.4, 0.5) is 13.2 Å². The third-order valence-electron chi connectivity index (χ3n) is 3.73. The molecule has 0 bridgehead atoms. The van der Waals surface area contributed by atoms with Gasteiger partial charge in [0, 0.05) is 23.3 Å². The predicted octanol–water partition coefficient (Wildman–Crippen LogP) is 4.16. The molecule has 0 aliphatic carbocycles. The van der Waals surface area contributed by atoms with Crippen molar-refractivity contribution in [2.24, 2.45) is 5.73 Å². The zero-order valence-corrected chi connectivity index (χ0v) is 14.3. The van der Waals surface area contributed by atoms with Crippen LogP contribution in [0.15, 0.2) is 59.8 Å². The summed E-state index contributed by atoms with van der Waals surface area (Å²) in [7, 11) is 0. The Balaban J connectivity index is 2.42. The molecule has 3 nitrogen and oxygen atoms in total. The molecular weight excluding hydrogens is 329 g/mol. The maximum Gasteiger partial charge on any atom is 0.573 e. The molecule has 2 N–H and O–H groups in total. The van der Waals surface area contributed by atoms with Crippen LogP contribution in [0.3, 0.4) is 0 Å². The largest absolute Gasteiger partial charge is 0.573 e. The van der Waals surface area contributed by atoms with Crippen molar-refractivity contribution in [3.63, 3.8) is 0 Å². The number of ether oxygens (including phenoxy) is 1. The lowest BCUT2D eigenvalue weighted by Crippen LogP contribution is -2.26. The molecule has 1 aromatic rings. The molecule has 1 aromatic carbocycles. The van der Waals surface area contributed by atoms with Gasteiger partial charge in [-0.2, -0.15) is 0 Å². The van der Waals surface area contributed by atoms with Crippen LogP contribution in [-0.4, -0.2) is 29.7 Å². The van der Waals surface area contributed by atoms with Gasteiger partial charge >= 0.3 is 6.36 Å². The molecule has 6 heteroatoms. The standard InChI is InChI=1S/C19H22F3N2O/c1-14-6-4-3-5-12-24(13-11-15(2)23)18(14)16-7-9-17(10-8-16)25-19(20,21)22/h3-4,6-11H,5,12-13,23H2,1-2H3/q+1/b4-3-,14-6+,15-11+,24-18?. The van der Waals surface area contributed by atoms with Crippen LogP contribution < -0.4 is 10.5 Å². The van der Waals surface area contributed by atoms with Gasteiger partial charge in [-0.1, -0.05) is 18.2 Å². The molecule has 25 heavy (non-hydrogen) atoms. The minimum Gasteiger partial charge on any atom is -0.406 e. The fraction of sp³-hybridized carbons (Fsp3) is 0.316. The number of hydrogen-bond donors (Lipinski definition) is 1. The minimum atomic E-state index is -4.69. The number of rotatable bonds is 4. The first-order chi connectivity index (χ1) is 11.8. The average Bonchev–Trinajstić information content (AvgIpc) is 2.49. The lowest BCUT2D eigenvalue weighted by molar-refractivity contribution is -0.516. The van der Waals surface area contributed by atoms with E-state index < -0.39 is 6.36 Å². The first-order valence-corrected chi connectivity index (χ1v) is 8.00. The summed E-state index contributed by atoms with van der Waals surface area (Å²) < 4.78 is 43.1. The quantitative estimate of drug-likeness (QED) is 0.828. The van der Waals surface area contributed by atoms with Gasteiger partial charge < -0.3 is 10.5 Å². The third-order valence-corrected chi connectivity index (χ3v) is 3.73. The van der Waals surface area contributed by atoms with Gasteiger partial charge in [-0.15, -0.1) is 13.2 Å². The Morgan fingerprint density at radius 2 is 1.96 bits per heavy atom. The number of benzene rings is 1. The highest BCUT2D eigenvalue weighted by atomic mass is 19.4. The lowest BCUT2D eigenvalue weighted by atomic mass is 10.0. The highest BCUT2D eigenvalue weighted by Crippen LogP contribution is 2.23. The zero-order chi connectivity index (χ0) is 18.4. The van der Waals surface area contributed by atoms with Gasteiger partial charge in [0.05, 0.1) is 0 Å². The number of nitrogens with zero attached hydrogens (tertiary/aromatic N) is 1. The summed E-state index contributed by atoms with van der Waals surface area (Å²) in [5.74, 6) is -0.228. The Kier molecular flexibility index (Phi) is 6.07. The van der Waals surface area contributed by atoms with Crippen LogP contribution >= 0.6 is 0 Å². The molecule has 0 saturated heterocycles. The second kappa shape index (κ2) is 8.05. The van der Waals surface area contributed by atoms with Gasteiger partial charge in [-0.25, -0.2) is 4.58 Å². The van der Waals surface area contributed by atoms with Crippen LogP contribution in [0.25, 0.3) is 0 Å². The molecule has 0 unspecified atom stereocenters. The maximum absolute atomic E-state index is 12.3. The smallest absolute Gasteiger partial charge is 0.406 e. The molecule has 1 heterocycles. The monoisotopic (exact) mass is 351 g/mol. The normalized spacial score (nSPS) is 19.7. The topological polar surface area (TPSA) is 38.3 Å². The molecule has 1 aliphatic heterocycles. The van der Waals surface area contributed by atoms with Crippen LogP contribution in [0.1, 0.15) is 25.8 Å². The number of allylic oxidation sites excluding steroid dienone is 4. The van der Waals surface area contributed by atoms with E-state index in [1.807, 2.05) is 32.1 Å². The van der Waals surface area contributed by atoms with Gasteiger partial charge in [0.15, 0.2) is 6.54 Å². The fourth-order valence-electron chi connectivity index (χ4n) is 2.64. The summed E-state index contributed by atoms with van der Waals surface area (Å²) in [4.78, 5) is 0. The minimum absolute atomic E-state index is 0.228. The fourth-order valence-corrected chi connectivity index (χ4v) is 2.64. The van der Waals surface area contributed by atoms with Crippen molar-refractivity contribution in [2.75, 3.05) is 13.1 Å². The van der Waals surface area contributed by atoms with E-state index in [2.05, 4.69) is 15.4 Å². The van der Waals surface area contributed by atoms with E-state index in [4.69, 9.17) is 5.73 Å². The van der Waals surface area contributed by atoms with Crippen molar-refractivity contribution in [2.45, 2.75) is 26.6 Å². The Hall–Kier alpha value is -2.50. The van der Waals surface area contributed by atoms with Gasteiger partial charge in [-0.05, 0) is 44.2 Å². The van der Waals surface area contributed by atoms with Crippen LogP contribution in [-0.2, 0) is 0 Å². The second-order valence-corrected chi connectivity index (χ2v) is 5.88. The van der Waals surface area contributed by atoms with Gasteiger partial charge in [0.25, 0.3) is 0 Å². The van der Waals surface area contributed by atoms with Crippen LogP contribution in [0.2, 0.25) is 0 Å². The van der Waals surface area contributed by atoms with Crippen molar-refractivity contribution in [1.82, 2.24) is 0 Å². The molecular formula is C19H22F3N2O+. The van der Waals surface area contributed by atoms with E-state index >= 15 is 0 Å². The summed E-state index contributed by atoms with van der Waals surface area (Å²) in [5.41, 5.74) is 9.32. The molecule has 134 valence electrons. The Bertz CT molecular complexity index is 722. The molecule has 2 rings (SSSR count). The highest BCUT2D eigenvalue weighted by molar-refractivity contribution is 6.09. The average molecular weight is 351 g/mol. The number of nitrogens with two attached hydrogens (primary N) is 1. The summed E-state index contributed by atoms with van der Waals surface area (Å²) >= 11 is 0. The number of hydrogen-bond acceptors (Lipinski definition) is 2. The highest BCUT2D eigenvalue weighted by Gasteiger charge is 2.31. The Labute approximate surface area is 145 Å². The molecule has 0 fully saturated rings. The van der Waals surface area contributed by atoms with Gasteiger partial charge in [0.1, 0.15) is 12.3 Å². The van der Waals surface area contributed by atoms with Crippen LogP contribution in [0.5, 0.6) is 5.75 Å². The van der Waals surface area contributed by atoms with Crippen molar-refractivity contribution in [1.29, 1.82) is 0 Å². The molecule has 0 aromatic heterocycles. The predicted molar refractivity (Wildman–Crippen MR) is 92.7 cm³/mol. The Morgan fingerprint density at radius 3 is 2.56 bits per heavy atom. The van der Waals surface area contributed by atoms with E-state index in [-0.39, 0.29) is 5.75 Å². The van der Waals surface area contributed by atoms with Gasteiger partial charge in [-0.3, -0.25) is 0 Å². The Morgan fingerprint density at radius 1 is 1.28 bits per heavy atom. The zero-order valence-electron chi connectivity index (χ0n) is 14.3. The van der Waals surface area contributed by atoms with Gasteiger partial charge in [0.2, 0.25) is 5.71 Å². The number of alkyl halides is 3. The second-order valence-electron chi connectivity index (χ2n) is 5.88. The van der Waals surface area contributed by atoms with Crippen molar-refractivity contribution < 1.29 is 22.5 Å². The number of halogens is 3. The van der Waals surface area contributed by atoms with Crippen molar-refractivity contribution in [3.05, 3.63) is 65.4 Å². The summed E-state index contributed by atoms with van der Waals surface area (Å²) in [6.45, 7) is 5.24. The van der Waals surface area contributed by atoms with E-state index in [1.54, 1.807) is 12.1 Å². The first-order valence-electron chi connectivity index (χ1n) is 8.00. The maximum atomic E-state index is 12.3. The van der Waals surface area contributed by atoms with E-state index in [9.17, 15) is 13.2 Å². The SMILES string of the molecule is C/C(N)=C\C[N+]1=C(c2ccc(OC(F)(F)F)cc2)/C(C)=C/C=C\CC1. The molecule has 1 aliphatic rings. The molecule has 0 radical (unpaired) electrons. The lowest BCUT2D eigenvalue weighted by Gasteiger charge is -2.13. The third kappa shape index (κ3) is 5.81. The van der Waals surface area contributed by atoms with Crippen molar-refractivity contribution >= 4 is 5.71 Å². The molecule has 0 atom stereocenters. The van der Waals surface area contributed by atoms with Crippen molar-refractivity contribution in [3.8, 4) is 5.75 Å². The van der Waals surface area contributed by atoms with E-state index in [0.717, 1.165) is 35.5 Å². The first kappa shape index (κ1) is 18.8.